The average Bonchev–Trinajstić information content (AvgIpc) is 2.83. The molecule has 0 saturated heterocycles. The largest absolute Gasteiger partial charge is 0.481 e. The number of aliphatic carboxylic acids is 1. The van der Waals surface area contributed by atoms with Crippen molar-refractivity contribution >= 4 is 17.9 Å². The minimum absolute atomic E-state index is 0.00681. The van der Waals surface area contributed by atoms with Crippen molar-refractivity contribution in [2.24, 2.45) is 17.3 Å². The van der Waals surface area contributed by atoms with Gasteiger partial charge in [-0.05, 0) is 31.1 Å². The van der Waals surface area contributed by atoms with Gasteiger partial charge in [0.05, 0.1) is 20.9 Å². The fraction of sp³-hybridized carbons (Fsp3) is 0.769. The SMILES string of the molecule is COC(=O)C1(C(=O)OC)CC(CF)C(CCC(=O)O)C1. The van der Waals surface area contributed by atoms with Gasteiger partial charge < -0.3 is 14.6 Å². The summed E-state index contributed by atoms with van der Waals surface area (Å²) < 4.78 is 22.4. The van der Waals surface area contributed by atoms with Gasteiger partial charge in [0.1, 0.15) is 0 Å². The van der Waals surface area contributed by atoms with Crippen molar-refractivity contribution < 1.29 is 33.4 Å². The number of hydrogen-bond donors (Lipinski definition) is 1. The number of carboxylic acid groups (broad SMARTS) is 1. The second-order valence-electron chi connectivity index (χ2n) is 5.08. The molecule has 0 aromatic heterocycles. The topological polar surface area (TPSA) is 89.9 Å². The molecule has 7 heteroatoms. The average molecular weight is 290 g/mol. The zero-order valence-electron chi connectivity index (χ0n) is 11.6. The van der Waals surface area contributed by atoms with Gasteiger partial charge in [-0.15, -0.1) is 0 Å². The Balaban J connectivity index is 2.96. The van der Waals surface area contributed by atoms with E-state index >= 15 is 0 Å². The summed E-state index contributed by atoms with van der Waals surface area (Å²) in [6.07, 6.45) is 0.153. The van der Waals surface area contributed by atoms with E-state index in [4.69, 9.17) is 5.11 Å². The predicted octanol–water partition coefficient (Wildman–Crippen LogP) is 1.18. The molecule has 1 N–H and O–H groups in total. The number of carbonyl (C=O) groups excluding carboxylic acids is 2. The highest BCUT2D eigenvalue weighted by Gasteiger charge is 2.57. The fourth-order valence-corrected chi connectivity index (χ4v) is 2.95. The first-order chi connectivity index (χ1) is 9.41. The van der Waals surface area contributed by atoms with E-state index < -0.39 is 35.9 Å². The van der Waals surface area contributed by atoms with Crippen molar-refractivity contribution in [1.29, 1.82) is 0 Å². The van der Waals surface area contributed by atoms with E-state index in [2.05, 4.69) is 9.47 Å². The molecule has 1 rings (SSSR count). The number of methoxy groups -OCH3 is 2. The van der Waals surface area contributed by atoms with Crippen molar-refractivity contribution in [2.45, 2.75) is 25.7 Å². The molecule has 20 heavy (non-hydrogen) atoms. The molecule has 114 valence electrons. The summed E-state index contributed by atoms with van der Waals surface area (Å²) in [6.45, 7) is -0.708. The van der Waals surface area contributed by atoms with Crippen LogP contribution in [0.4, 0.5) is 4.39 Å². The second-order valence-corrected chi connectivity index (χ2v) is 5.08. The number of ether oxygens (including phenoxy) is 2. The molecule has 2 unspecified atom stereocenters. The highest BCUT2D eigenvalue weighted by molar-refractivity contribution is 6.00. The molecule has 1 aliphatic rings. The van der Waals surface area contributed by atoms with Gasteiger partial charge in [0.15, 0.2) is 5.41 Å². The van der Waals surface area contributed by atoms with Gasteiger partial charge in [-0.2, -0.15) is 0 Å². The quantitative estimate of drug-likeness (QED) is 0.583. The first-order valence-corrected chi connectivity index (χ1v) is 6.35. The lowest BCUT2D eigenvalue weighted by Crippen LogP contribution is -2.39. The van der Waals surface area contributed by atoms with Crippen LogP contribution in [0.15, 0.2) is 0 Å². The molecule has 0 aromatic rings. The zero-order valence-corrected chi connectivity index (χ0v) is 11.6. The minimum atomic E-state index is -1.51. The van der Waals surface area contributed by atoms with Crippen LogP contribution < -0.4 is 0 Å². The second kappa shape index (κ2) is 6.67. The molecule has 0 bridgehead atoms. The Morgan fingerprint density at radius 3 is 2.05 bits per heavy atom. The van der Waals surface area contributed by atoms with Crippen LogP contribution >= 0.6 is 0 Å². The van der Waals surface area contributed by atoms with Gasteiger partial charge in [0.2, 0.25) is 0 Å². The van der Waals surface area contributed by atoms with Crippen LogP contribution in [0.25, 0.3) is 0 Å². The van der Waals surface area contributed by atoms with Gasteiger partial charge in [-0.25, -0.2) is 0 Å². The maximum Gasteiger partial charge on any atom is 0.323 e. The summed E-state index contributed by atoms with van der Waals surface area (Å²) in [6, 6.07) is 0. The Morgan fingerprint density at radius 1 is 1.15 bits per heavy atom. The third-order valence-electron chi connectivity index (χ3n) is 3.97. The molecule has 0 aliphatic heterocycles. The maximum absolute atomic E-state index is 13.1. The van der Waals surface area contributed by atoms with Crippen LogP contribution in [-0.4, -0.2) is 43.9 Å². The van der Waals surface area contributed by atoms with Gasteiger partial charge in [0.25, 0.3) is 0 Å². The first kappa shape index (κ1) is 16.4. The summed E-state index contributed by atoms with van der Waals surface area (Å²) in [7, 11) is 2.31. The molecule has 0 heterocycles. The van der Waals surface area contributed by atoms with Crippen LogP contribution in [0.2, 0.25) is 0 Å². The molecule has 2 atom stereocenters. The molecular weight excluding hydrogens is 271 g/mol. The monoisotopic (exact) mass is 290 g/mol. The van der Waals surface area contributed by atoms with Crippen LogP contribution in [0.1, 0.15) is 25.7 Å². The summed E-state index contributed by atoms with van der Waals surface area (Å²) in [5, 5.41) is 8.70. The van der Waals surface area contributed by atoms with E-state index in [0.717, 1.165) is 14.2 Å². The lowest BCUT2D eigenvalue weighted by Gasteiger charge is -2.23. The summed E-state index contributed by atoms with van der Waals surface area (Å²) in [5.74, 6) is -3.38. The standard InChI is InChI=1S/C13H19FO6/c1-19-11(17)13(12(18)20-2)5-8(3-4-10(15)16)9(6-13)7-14/h8-9H,3-7H2,1-2H3,(H,15,16). The molecule has 0 radical (unpaired) electrons. The van der Waals surface area contributed by atoms with Crippen molar-refractivity contribution in [3.05, 3.63) is 0 Å². The van der Waals surface area contributed by atoms with Crippen LogP contribution in [0, 0.1) is 17.3 Å². The number of hydrogen-bond acceptors (Lipinski definition) is 5. The number of esters is 2. The zero-order chi connectivity index (χ0) is 15.3. The molecule has 1 fully saturated rings. The highest BCUT2D eigenvalue weighted by atomic mass is 19.1. The highest BCUT2D eigenvalue weighted by Crippen LogP contribution is 2.49. The van der Waals surface area contributed by atoms with Gasteiger partial charge in [0, 0.05) is 6.42 Å². The number of alkyl halides is 1. The van der Waals surface area contributed by atoms with E-state index in [9.17, 15) is 18.8 Å². The Labute approximate surface area is 116 Å². The Kier molecular flexibility index (Phi) is 5.47. The third-order valence-corrected chi connectivity index (χ3v) is 3.97. The molecule has 0 spiro atoms. The van der Waals surface area contributed by atoms with Crippen molar-refractivity contribution in [1.82, 2.24) is 0 Å². The van der Waals surface area contributed by atoms with Crippen molar-refractivity contribution in [3.63, 3.8) is 0 Å². The number of rotatable bonds is 6. The summed E-state index contributed by atoms with van der Waals surface area (Å²) in [4.78, 5) is 34.5. The van der Waals surface area contributed by atoms with E-state index in [1.165, 1.54) is 0 Å². The Morgan fingerprint density at radius 2 is 1.65 bits per heavy atom. The maximum atomic E-state index is 13.1. The molecule has 1 saturated carbocycles. The first-order valence-electron chi connectivity index (χ1n) is 6.35. The van der Waals surface area contributed by atoms with Crippen LogP contribution in [0.5, 0.6) is 0 Å². The van der Waals surface area contributed by atoms with Gasteiger partial charge in [-0.1, -0.05) is 0 Å². The Hall–Kier alpha value is -1.66. The van der Waals surface area contributed by atoms with E-state index in [1.54, 1.807) is 0 Å². The van der Waals surface area contributed by atoms with Gasteiger partial charge in [-0.3, -0.25) is 18.8 Å². The molecule has 1 aliphatic carbocycles. The van der Waals surface area contributed by atoms with E-state index in [1.807, 2.05) is 0 Å². The third kappa shape index (κ3) is 3.08. The predicted molar refractivity (Wildman–Crippen MR) is 65.5 cm³/mol. The van der Waals surface area contributed by atoms with Crippen LogP contribution in [-0.2, 0) is 23.9 Å². The lowest BCUT2D eigenvalue weighted by molar-refractivity contribution is -0.169. The number of halogens is 1. The smallest absolute Gasteiger partial charge is 0.323 e. The van der Waals surface area contributed by atoms with E-state index in [0.29, 0.717) is 0 Å². The molecular formula is C13H19FO6. The number of carboxylic acids is 1. The molecule has 0 amide bonds. The summed E-state index contributed by atoms with van der Waals surface area (Å²) >= 11 is 0. The minimum Gasteiger partial charge on any atom is -0.481 e. The number of carbonyl (C=O) groups is 3. The molecule has 6 nitrogen and oxygen atoms in total. The fourth-order valence-electron chi connectivity index (χ4n) is 2.95. The normalized spacial score (nSPS) is 24.1. The van der Waals surface area contributed by atoms with E-state index in [-0.39, 0.29) is 31.6 Å². The summed E-state index contributed by atoms with van der Waals surface area (Å²) in [5.41, 5.74) is -1.51. The van der Waals surface area contributed by atoms with Crippen LogP contribution in [0.3, 0.4) is 0 Å². The van der Waals surface area contributed by atoms with Crippen molar-refractivity contribution in [3.8, 4) is 0 Å². The lowest BCUT2D eigenvalue weighted by atomic mass is 9.84. The van der Waals surface area contributed by atoms with Gasteiger partial charge >= 0.3 is 17.9 Å². The Bertz CT molecular complexity index is 378. The molecule has 0 aromatic carbocycles. The van der Waals surface area contributed by atoms with Crippen molar-refractivity contribution in [2.75, 3.05) is 20.9 Å².